The monoisotopic (exact) mass is 478 g/mol. The standard InChI is InChI=1S/C32H62O2/c1-4-7-10-13-14-15-16-17-18-19-20-21-22-23-26-29-32(33)34-30-31(27-24-11-8-5-2)28-25-12-9-6-3/h17-18,31H,4-16,19-30H2,1-3H3/b18-17-. The molecule has 2 heteroatoms. The van der Waals surface area contributed by atoms with Crippen molar-refractivity contribution < 1.29 is 9.53 Å². The van der Waals surface area contributed by atoms with Crippen molar-refractivity contribution in [1.29, 1.82) is 0 Å². The number of ether oxygens (including phenoxy) is 1. The first-order valence-corrected chi connectivity index (χ1v) is 15.5. The molecule has 0 aromatic rings. The van der Waals surface area contributed by atoms with Crippen LogP contribution in [0, 0.1) is 5.92 Å². The summed E-state index contributed by atoms with van der Waals surface area (Å²) >= 11 is 0. The van der Waals surface area contributed by atoms with Crippen LogP contribution in [0.25, 0.3) is 0 Å². The number of hydrogen-bond acceptors (Lipinski definition) is 2. The van der Waals surface area contributed by atoms with E-state index >= 15 is 0 Å². The molecule has 0 bridgehead atoms. The fraction of sp³-hybridized carbons (Fsp3) is 0.906. The molecule has 0 rings (SSSR count). The van der Waals surface area contributed by atoms with Gasteiger partial charge < -0.3 is 4.74 Å². The van der Waals surface area contributed by atoms with Crippen LogP contribution in [-0.4, -0.2) is 12.6 Å². The Morgan fingerprint density at radius 3 is 1.47 bits per heavy atom. The first kappa shape index (κ1) is 33.2. The van der Waals surface area contributed by atoms with E-state index in [0.29, 0.717) is 18.9 Å². The number of esters is 1. The Morgan fingerprint density at radius 1 is 0.559 bits per heavy atom. The molecule has 34 heavy (non-hydrogen) atoms. The second-order valence-corrected chi connectivity index (χ2v) is 10.6. The minimum Gasteiger partial charge on any atom is -0.465 e. The van der Waals surface area contributed by atoms with Gasteiger partial charge in [-0.05, 0) is 50.9 Å². The highest BCUT2D eigenvalue weighted by Gasteiger charge is 2.12. The van der Waals surface area contributed by atoms with Gasteiger partial charge in [-0.15, -0.1) is 0 Å². The molecule has 0 saturated carbocycles. The van der Waals surface area contributed by atoms with Crippen molar-refractivity contribution in [2.45, 2.75) is 175 Å². The molecule has 0 spiro atoms. The lowest BCUT2D eigenvalue weighted by Crippen LogP contribution is -2.14. The van der Waals surface area contributed by atoms with Crippen LogP contribution >= 0.6 is 0 Å². The lowest BCUT2D eigenvalue weighted by Gasteiger charge is -2.17. The summed E-state index contributed by atoms with van der Waals surface area (Å²) in [5, 5.41) is 0. The number of unbranched alkanes of at least 4 members (excludes halogenated alkanes) is 17. The normalized spacial score (nSPS) is 11.6. The summed E-state index contributed by atoms with van der Waals surface area (Å²) in [6.45, 7) is 7.46. The Balaban J connectivity index is 3.66. The van der Waals surface area contributed by atoms with Crippen molar-refractivity contribution >= 4 is 5.97 Å². The van der Waals surface area contributed by atoms with E-state index in [4.69, 9.17) is 4.74 Å². The van der Waals surface area contributed by atoms with E-state index in [0.717, 1.165) is 12.8 Å². The number of carbonyl (C=O) groups is 1. The molecule has 2 nitrogen and oxygen atoms in total. The van der Waals surface area contributed by atoms with E-state index in [1.807, 2.05) is 0 Å². The fourth-order valence-electron chi connectivity index (χ4n) is 4.65. The van der Waals surface area contributed by atoms with E-state index in [1.54, 1.807) is 0 Å². The van der Waals surface area contributed by atoms with Gasteiger partial charge in [-0.3, -0.25) is 4.79 Å². The second kappa shape index (κ2) is 28.4. The van der Waals surface area contributed by atoms with E-state index < -0.39 is 0 Å². The van der Waals surface area contributed by atoms with Gasteiger partial charge in [0.15, 0.2) is 0 Å². The van der Waals surface area contributed by atoms with Crippen molar-refractivity contribution in [3.8, 4) is 0 Å². The van der Waals surface area contributed by atoms with Gasteiger partial charge >= 0.3 is 5.97 Å². The Bertz CT molecular complexity index is 417. The maximum Gasteiger partial charge on any atom is 0.305 e. The van der Waals surface area contributed by atoms with Crippen LogP contribution in [0.15, 0.2) is 12.2 Å². The molecule has 0 radical (unpaired) electrons. The number of rotatable bonds is 27. The first-order chi connectivity index (χ1) is 16.7. The van der Waals surface area contributed by atoms with Crippen molar-refractivity contribution in [3.63, 3.8) is 0 Å². The SMILES string of the molecule is CCCCCCCC/C=C\CCCCCCCC(=O)OCC(CCCCCC)CCCCCC. The first-order valence-electron chi connectivity index (χ1n) is 15.5. The highest BCUT2D eigenvalue weighted by Crippen LogP contribution is 2.19. The maximum absolute atomic E-state index is 12.2. The van der Waals surface area contributed by atoms with E-state index in [2.05, 4.69) is 32.9 Å². The van der Waals surface area contributed by atoms with Crippen LogP contribution in [0.1, 0.15) is 175 Å². The average molecular weight is 479 g/mol. The van der Waals surface area contributed by atoms with Gasteiger partial charge in [0.25, 0.3) is 0 Å². The summed E-state index contributed by atoms with van der Waals surface area (Å²) in [5.74, 6) is 0.608. The summed E-state index contributed by atoms with van der Waals surface area (Å²) in [6, 6.07) is 0. The molecule has 0 aliphatic heterocycles. The molecule has 0 aliphatic carbocycles. The van der Waals surface area contributed by atoms with Gasteiger partial charge in [-0.25, -0.2) is 0 Å². The topological polar surface area (TPSA) is 26.3 Å². The van der Waals surface area contributed by atoms with Crippen LogP contribution in [0.4, 0.5) is 0 Å². The van der Waals surface area contributed by atoms with Gasteiger partial charge in [0, 0.05) is 6.42 Å². The second-order valence-electron chi connectivity index (χ2n) is 10.6. The van der Waals surface area contributed by atoms with Crippen molar-refractivity contribution in [2.75, 3.05) is 6.61 Å². The maximum atomic E-state index is 12.2. The molecular weight excluding hydrogens is 416 g/mol. The molecule has 0 saturated heterocycles. The quantitative estimate of drug-likeness (QED) is 0.0666. The summed E-state index contributed by atoms with van der Waals surface area (Å²) in [6.07, 6.45) is 35.0. The predicted octanol–water partition coefficient (Wildman–Crippen LogP) is 11.1. The Kier molecular flexibility index (Phi) is 27.8. The molecule has 0 fully saturated rings. The highest BCUT2D eigenvalue weighted by atomic mass is 16.5. The van der Waals surface area contributed by atoms with Gasteiger partial charge in [0.2, 0.25) is 0 Å². The number of allylic oxidation sites excluding steroid dienone is 2. The smallest absolute Gasteiger partial charge is 0.305 e. The van der Waals surface area contributed by atoms with E-state index in [9.17, 15) is 4.79 Å². The number of hydrogen-bond donors (Lipinski definition) is 0. The zero-order valence-electron chi connectivity index (χ0n) is 23.7. The molecule has 0 aromatic heterocycles. The van der Waals surface area contributed by atoms with Gasteiger partial charge in [-0.1, -0.05) is 136 Å². The van der Waals surface area contributed by atoms with Crippen LogP contribution in [-0.2, 0) is 9.53 Å². The van der Waals surface area contributed by atoms with Crippen molar-refractivity contribution in [1.82, 2.24) is 0 Å². The largest absolute Gasteiger partial charge is 0.465 e. The Labute approximate surface area is 215 Å². The zero-order valence-corrected chi connectivity index (χ0v) is 23.7. The van der Waals surface area contributed by atoms with E-state index in [-0.39, 0.29) is 5.97 Å². The lowest BCUT2D eigenvalue weighted by molar-refractivity contribution is -0.145. The molecule has 0 amide bonds. The molecule has 0 heterocycles. The molecule has 0 N–H and O–H groups in total. The molecule has 0 aliphatic rings. The van der Waals surface area contributed by atoms with E-state index in [1.165, 1.54) is 135 Å². The van der Waals surface area contributed by atoms with Gasteiger partial charge in [-0.2, -0.15) is 0 Å². The Hall–Kier alpha value is -0.790. The van der Waals surface area contributed by atoms with Crippen molar-refractivity contribution in [3.05, 3.63) is 12.2 Å². The van der Waals surface area contributed by atoms with Crippen molar-refractivity contribution in [2.24, 2.45) is 5.92 Å². The summed E-state index contributed by atoms with van der Waals surface area (Å²) < 4.78 is 5.69. The minimum atomic E-state index is 0.0322. The molecular formula is C32H62O2. The average Bonchev–Trinajstić information content (AvgIpc) is 2.84. The fourth-order valence-corrected chi connectivity index (χ4v) is 4.65. The third-order valence-corrected chi connectivity index (χ3v) is 7.05. The number of carbonyl (C=O) groups excluding carboxylic acids is 1. The zero-order chi connectivity index (χ0) is 25.0. The molecule has 0 unspecified atom stereocenters. The summed E-state index contributed by atoms with van der Waals surface area (Å²) in [5.41, 5.74) is 0. The highest BCUT2D eigenvalue weighted by molar-refractivity contribution is 5.69. The molecule has 0 aromatic carbocycles. The third kappa shape index (κ3) is 25.8. The van der Waals surface area contributed by atoms with Crippen LogP contribution in [0.2, 0.25) is 0 Å². The Morgan fingerprint density at radius 2 is 0.971 bits per heavy atom. The van der Waals surface area contributed by atoms with Crippen LogP contribution in [0.3, 0.4) is 0 Å². The summed E-state index contributed by atoms with van der Waals surface area (Å²) in [7, 11) is 0. The molecule has 0 atom stereocenters. The predicted molar refractivity (Wildman–Crippen MR) is 151 cm³/mol. The third-order valence-electron chi connectivity index (χ3n) is 7.05. The van der Waals surface area contributed by atoms with Gasteiger partial charge in [0.05, 0.1) is 6.61 Å². The van der Waals surface area contributed by atoms with Crippen LogP contribution in [0.5, 0.6) is 0 Å². The minimum absolute atomic E-state index is 0.0322. The van der Waals surface area contributed by atoms with Gasteiger partial charge in [0.1, 0.15) is 0 Å². The summed E-state index contributed by atoms with van der Waals surface area (Å²) in [4.78, 5) is 12.2. The van der Waals surface area contributed by atoms with Crippen LogP contribution < -0.4 is 0 Å². The lowest BCUT2D eigenvalue weighted by atomic mass is 9.95. The molecule has 202 valence electrons.